The van der Waals surface area contributed by atoms with Gasteiger partial charge in [-0.05, 0) is 42.7 Å². The molecule has 0 radical (unpaired) electrons. The normalized spacial score (nSPS) is 20.5. The summed E-state index contributed by atoms with van der Waals surface area (Å²) in [6, 6.07) is 11.4. The summed E-state index contributed by atoms with van der Waals surface area (Å²) in [7, 11) is 0. The van der Waals surface area contributed by atoms with Gasteiger partial charge in [0.1, 0.15) is 11.1 Å². The number of hydrogen-bond donors (Lipinski definition) is 0. The SMILES string of the molecule is O=C(c1ccc([C@@H]2SCC(=O)N2Cc2ccco2)cc1)N1CCCC1. The smallest absolute Gasteiger partial charge is 0.253 e. The summed E-state index contributed by atoms with van der Waals surface area (Å²) >= 11 is 1.61. The number of likely N-dealkylation sites (tertiary alicyclic amines) is 1. The van der Waals surface area contributed by atoms with Crippen LogP contribution in [-0.4, -0.2) is 40.5 Å². The molecule has 2 fully saturated rings. The number of furan rings is 1. The molecule has 0 unspecified atom stereocenters. The van der Waals surface area contributed by atoms with Crippen LogP contribution in [0.1, 0.15) is 39.9 Å². The van der Waals surface area contributed by atoms with Crippen molar-refractivity contribution in [1.82, 2.24) is 9.80 Å². The first-order valence-corrected chi connectivity index (χ1v) is 9.60. The van der Waals surface area contributed by atoms with Crippen LogP contribution < -0.4 is 0 Å². The van der Waals surface area contributed by atoms with Gasteiger partial charge in [0, 0.05) is 18.7 Å². The van der Waals surface area contributed by atoms with Crippen molar-refractivity contribution < 1.29 is 14.0 Å². The molecule has 2 amide bonds. The van der Waals surface area contributed by atoms with Crippen LogP contribution in [0.3, 0.4) is 0 Å². The molecule has 2 aliphatic heterocycles. The zero-order chi connectivity index (χ0) is 17.2. The molecule has 4 rings (SSSR count). The second kappa shape index (κ2) is 6.96. The van der Waals surface area contributed by atoms with E-state index in [1.807, 2.05) is 46.2 Å². The van der Waals surface area contributed by atoms with Crippen LogP contribution in [0.2, 0.25) is 0 Å². The van der Waals surface area contributed by atoms with Gasteiger partial charge in [0.25, 0.3) is 5.91 Å². The van der Waals surface area contributed by atoms with Gasteiger partial charge in [0.2, 0.25) is 5.91 Å². The summed E-state index contributed by atoms with van der Waals surface area (Å²) in [5.74, 6) is 1.47. The Kier molecular flexibility index (Phi) is 4.53. The van der Waals surface area contributed by atoms with Crippen LogP contribution in [0.4, 0.5) is 0 Å². The summed E-state index contributed by atoms with van der Waals surface area (Å²) in [4.78, 5) is 28.4. The van der Waals surface area contributed by atoms with Crippen LogP contribution in [0.25, 0.3) is 0 Å². The van der Waals surface area contributed by atoms with Crippen LogP contribution in [0.5, 0.6) is 0 Å². The van der Waals surface area contributed by atoms with Gasteiger partial charge in [-0.15, -0.1) is 11.8 Å². The molecule has 0 aliphatic carbocycles. The quantitative estimate of drug-likeness (QED) is 0.844. The first-order chi connectivity index (χ1) is 12.2. The van der Waals surface area contributed by atoms with E-state index in [0.717, 1.165) is 42.8 Å². The number of rotatable bonds is 4. The summed E-state index contributed by atoms with van der Waals surface area (Å²) in [5.41, 5.74) is 1.76. The van der Waals surface area contributed by atoms with E-state index >= 15 is 0 Å². The number of benzene rings is 1. The van der Waals surface area contributed by atoms with Gasteiger partial charge in [0.05, 0.1) is 18.6 Å². The van der Waals surface area contributed by atoms with Gasteiger partial charge in [-0.3, -0.25) is 9.59 Å². The number of carbonyl (C=O) groups is 2. The average molecular weight is 356 g/mol. The molecule has 1 aromatic carbocycles. The molecule has 2 aliphatic rings. The first kappa shape index (κ1) is 16.3. The Morgan fingerprint density at radius 1 is 1.16 bits per heavy atom. The van der Waals surface area contributed by atoms with Crippen LogP contribution >= 0.6 is 11.8 Å². The molecule has 0 bridgehead atoms. The highest BCUT2D eigenvalue weighted by atomic mass is 32.2. The second-order valence-electron chi connectivity index (χ2n) is 6.39. The van der Waals surface area contributed by atoms with E-state index < -0.39 is 0 Å². The lowest BCUT2D eigenvalue weighted by atomic mass is 10.1. The molecule has 0 spiro atoms. The third-order valence-electron chi connectivity index (χ3n) is 4.71. The maximum atomic E-state index is 12.5. The molecule has 1 aromatic heterocycles. The minimum Gasteiger partial charge on any atom is -0.467 e. The first-order valence-electron chi connectivity index (χ1n) is 8.55. The Morgan fingerprint density at radius 3 is 2.60 bits per heavy atom. The molecule has 1 atom stereocenters. The van der Waals surface area contributed by atoms with E-state index in [1.54, 1.807) is 18.0 Å². The van der Waals surface area contributed by atoms with Crippen molar-refractivity contribution in [3.05, 3.63) is 59.5 Å². The summed E-state index contributed by atoms with van der Waals surface area (Å²) in [6.45, 7) is 2.17. The Hall–Kier alpha value is -2.21. The zero-order valence-corrected chi connectivity index (χ0v) is 14.7. The maximum Gasteiger partial charge on any atom is 0.253 e. The fourth-order valence-corrected chi connectivity index (χ4v) is 4.55. The number of hydrogen-bond acceptors (Lipinski definition) is 4. The zero-order valence-electron chi connectivity index (χ0n) is 13.9. The molecular weight excluding hydrogens is 336 g/mol. The van der Waals surface area contributed by atoms with Crippen LogP contribution in [0, 0.1) is 0 Å². The average Bonchev–Trinajstić information content (AvgIpc) is 3.39. The highest BCUT2D eigenvalue weighted by molar-refractivity contribution is 8.00. The summed E-state index contributed by atoms with van der Waals surface area (Å²) in [5, 5.41) is -0.0338. The minimum atomic E-state index is -0.0338. The number of carbonyl (C=O) groups excluding carboxylic acids is 2. The van der Waals surface area contributed by atoms with E-state index in [-0.39, 0.29) is 17.2 Å². The van der Waals surface area contributed by atoms with Crippen molar-refractivity contribution in [1.29, 1.82) is 0 Å². The maximum absolute atomic E-state index is 12.5. The van der Waals surface area contributed by atoms with Crippen molar-refractivity contribution in [2.45, 2.75) is 24.8 Å². The monoisotopic (exact) mass is 356 g/mol. The predicted octanol–water partition coefficient (Wildman–Crippen LogP) is 3.29. The molecule has 6 heteroatoms. The fourth-order valence-electron chi connectivity index (χ4n) is 3.36. The Labute approximate surface area is 151 Å². The topological polar surface area (TPSA) is 53.8 Å². The van der Waals surface area contributed by atoms with Crippen molar-refractivity contribution in [3.8, 4) is 0 Å². The van der Waals surface area contributed by atoms with Gasteiger partial charge < -0.3 is 14.2 Å². The minimum absolute atomic E-state index is 0.0338. The van der Waals surface area contributed by atoms with Crippen LogP contribution in [-0.2, 0) is 11.3 Å². The molecule has 0 N–H and O–H groups in total. The highest BCUT2D eigenvalue weighted by Crippen LogP contribution is 2.39. The van der Waals surface area contributed by atoms with Crippen molar-refractivity contribution in [3.63, 3.8) is 0 Å². The van der Waals surface area contributed by atoms with E-state index in [2.05, 4.69) is 0 Å². The van der Waals surface area contributed by atoms with Crippen molar-refractivity contribution in [2.75, 3.05) is 18.8 Å². The van der Waals surface area contributed by atoms with E-state index in [1.165, 1.54) is 0 Å². The van der Waals surface area contributed by atoms with E-state index in [0.29, 0.717) is 12.3 Å². The summed E-state index contributed by atoms with van der Waals surface area (Å²) in [6.07, 6.45) is 3.80. The molecule has 5 nitrogen and oxygen atoms in total. The van der Waals surface area contributed by atoms with Gasteiger partial charge in [-0.2, -0.15) is 0 Å². The molecule has 130 valence electrons. The number of nitrogens with zero attached hydrogens (tertiary/aromatic N) is 2. The second-order valence-corrected chi connectivity index (χ2v) is 7.45. The largest absolute Gasteiger partial charge is 0.467 e. The Balaban J connectivity index is 1.50. The lowest BCUT2D eigenvalue weighted by molar-refractivity contribution is -0.128. The van der Waals surface area contributed by atoms with Gasteiger partial charge in [-0.1, -0.05) is 12.1 Å². The third-order valence-corrected chi connectivity index (χ3v) is 5.97. The molecule has 0 saturated carbocycles. The van der Waals surface area contributed by atoms with Gasteiger partial charge >= 0.3 is 0 Å². The highest BCUT2D eigenvalue weighted by Gasteiger charge is 2.33. The van der Waals surface area contributed by atoms with Crippen molar-refractivity contribution >= 4 is 23.6 Å². The molecular formula is C19H20N2O3S. The molecule has 2 aromatic rings. The molecule has 2 saturated heterocycles. The molecule has 3 heterocycles. The number of amides is 2. The van der Waals surface area contributed by atoms with Crippen LogP contribution in [0.15, 0.2) is 47.1 Å². The summed E-state index contributed by atoms with van der Waals surface area (Å²) < 4.78 is 5.38. The van der Waals surface area contributed by atoms with E-state index in [4.69, 9.17) is 4.42 Å². The Morgan fingerprint density at radius 2 is 1.92 bits per heavy atom. The number of thioether (sulfide) groups is 1. The van der Waals surface area contributed by atoms with Gasteiger partial charge in [-0.25, -0.2) is 0 Å². The standard InChI is InChI=1S/C19H20N2O3S/c22-17-13-25-19(21(17)12-16-4-3-11-24-16)15-7-5-14(6-8-15)18(23)20-9-1-2-10-20/h3-8,11,19H,1-2,9-10,12-13H2/t19-/m0/s1. The molecule has 25 heavy (non-hydrogen) atoms. The van der Waals surface area contributed by atoms with E-state index in [9.17, 15) is 9.59 Å². The fraction of sp³-hybridized carbons (Fsp3) is 0.368. The Bertz CT molecular complexity index is 751. The lowest BCUT2D eigenvalue weighted by Gasteiger charge is -2.23. The lowest BCUT2D eigenvalue weighted by Crippen LogP contribution is -2.28. The van der Waals surface area contributed by atoms with Crippen molar-refractivity contribution in [2.24, 2.45) is 0 Å². The third kappa shape index (κ3) is 3.31. The predicted molar refractivity (Wildman–Crippen MR) is 96.0 cm³/mol. The van der Waals surface area contributed by atoms with Gasteiger partial charge in [0.15, 0.2) is 0 Å².